The van der Waals surface area contributed by atoms with E-state index < -0.39 is 22.0 Å². The lowest BCUT2D eigenvalue weighted by Gasteiger charge is -2.14. The standard InChI is InChI=1S/C21H21N3O4S/c25-20(23-18-11-6-7-13-22-21(18)26)17-14-24(19-12-5-4-10-16(17)19)29(27,28)15-8-2-1-3-9-15/h1-5,8-10,12,14,18H,6-7,11,13H2,(H,22,26)(H,23,25). The summed E-state index contributed by atoms with van der Waals surface area (Å²) < 4.78 is 27.4. The molecule has 1 unspecified atom stereocenters. The van der Waals surface area contributed by atoms with Crippen LogP contribution in [0, 0.1) is 0 Å². The molecule has 2 N–H and O–H groups in total. The second-order valence-electron chi connectivity index (χ2n) is 6.99. The number of carbonyl (C=O) groups excluding carboxylic acids is 2. The largest absolute Gasteiger partial charge is 0.354 e. The van der Waals surface area contributed by atoms with Gasteiger partial charge in [-0.3, -0.25) is 9.59 Å². The molecule has 1 aromatic heterocycles. The number of nitrogens with zero attached hydrogens (tertiary/aromatic N) is 1. The summed E-state index contributed by atoms with van der Waals surface area (Å²) in [6.45, 7) is 0.597. The molecule has 29 heavy (non-hydrogen) atoms. The van der Waals surface area contributed by atoms with Crippen LogP contribution < -0.4 is 10.6 Å². The second kappa shape index (κ2) is 7.71. The van der Waals surface area contributed by atoms with Crippen LogP contribution in [-0.4, -0.2) is 36.8 Å². The van der Waals surface area contributed by atoms with E-state index >= 15 is 0 Å². The van der Waals surface area contributed by atoms with Crippen LogP contribution in [0.2, 0.25) is 0 Å². The van der Waals surface area contributed by atoms with Crippen molar-refractivity contribution in [1.29, 1.82) is 0 Å². The summed E-state index contributed by atoms with van der Waals surface area (Å²) in [6.07, 6.45) is 3.58. The molecule has 3 aromatic rings. The maximum absolute atomic E-state index is 13.1. The third-order valence-corrected chi connectivity index (χ3v) is 6.75. The highest BCUT2D eigenvalue weighted by molar-refractivity contribution is 7.90. The van der Waals surface area contributed by atoms with E-state index in [-0.39, 0.29) is 16.4 Å². The predicted molar refractivity (Wildman–Crippen MR) is 109 cm³/mol. The first-order valence-electron chi connectivity index (χ1n) is 9.48. The molecule has 2 heterocycles. The van der Waals surface area contributed by atoms with E-state index in [0.717, 1.165) is 16.8 Å². The van der Waals surface area contributed by atoms with Gasteiger partial charge in [-0.25, -0.2) is 12.4 Å². The maximum Gasteiger partial charge on any atom is 0.268 e. The van der Waals surface area contributed by atoms with Crippen LogP contribution in [0.5, 0.6) is 0 Å². The molecule has 0 radical (unpaired) electrons. The Morgan fingerprint density at radius 2 is 1.76 bits per heavy atom. The van der Waals surface area contributed by atoms with Gasteiger partial charge >= 0.3 is 0 Å². The average molecular weight is 411 g/mol. The molecule has 0 bridgehead atoms. The monoisotopic (exact) mass is 411 g/mol. The van der Waals surface area contributed by atoms with Crippen LogP contribution in [0.1, 0.15) is 29.6 Å². The van der Waals surface area contributed by atoms with Crippen molar-refractivity contribution < 1.29 is 18.0 Å². The highest BCUT2D eigenvalue weighted by Gasteiger charge is 2.27. The molecule has 1 aliphatic rings. The van der Waals surface area contributed by atoms with Crippen LogP contribution in [0.15, 0.2) is 65.7 Å². The molecular weight excluding hydrogens is 390 g/mol. The van der Waals surface area contributed by atoms with Crippen LogP contribution in [0.4, 0.5) is 0 Å². The number of hydrogen-bond acceptors (Lipinski definition) is 4. The number of benzene rings is 2. The van der Waals surface area contributed by atoms with Gasteiger partial charge in [-0.05, 0) is 37.5 Å². The van der Waals surface area contributed by atoms with Gasteiger partial charge in [0.15, 0.2) is 0 Å². The van der Waals surface area contributed by atoms with Crippen LogP contribution in [0.25, 0.3) is 10.9 Å². The molecule has 1 atom stereocenters. The molecule has 1 aliphatic heterocycles. The highest BCUT2D eigenvalue weighted by Crippen LogP contribution is 2.26. The molecule has 0 saturated carbocycles. The molecule has 0 spiro atoms. The summed E-state index contributed by atoms with van der Waals surface area (Å²) in [5, 5.41) is 6.06. The minimum absolute atomic E-state index is 0.135. The van der Waals surface area contributed by atoms with Gasteiger partial charge < -0.3 is 10.6 Å². The van der Waals surface area contributed by atoms with Crippen molar-refractivity contribution >= 4 is 32.7 Å². The first kappa shape index (κ1) is 19.2. The van der Waals surface area contributed by atoms with E-state index in [1.807, 2.05) is 0 Å². The van der Waals surface area contributed by atoms with Crippen molar-refractivity contribution in [2.45, 2.75) is 30.2 Å². The first-order chi connectivity index (χ1) is 14.0. The molecule has 4 rings (SSSR count). The molecule has 8 heteroatoms. The number of carbonyl (C=O) groups is 2. The number of hydrogen-bond donors (Lipinski definition) is 2. The third-order valence-electron chi connectivity index (χ3n) is 5.06. The molecular formula is C21H21N3O4S. The van der Waals surface area contributed by atoms with E-state index in [9.17, 15) is 18.0 Å². The summed E-state index contributed by atoms with van der Waals surface area (Å²) in [5.41, 5.74) is 0.629. The van der Waals surface area contributed by atoms with Crippen molar-refractivity contribution in [3.63, 3.8) is 0 Å². The Morgan fingerprint density at radius 3 is 2.55 bits per heavy atom. The van der Waals surface area contributed by atoms with E-state index in [1.54, 1.807) is 42.5 Å². The van der Waals surface area contributed by atoms with Crippen molar-refractivity contribution in [2.24, 2.45) is 0 Å². The van der Waals surface area contributed by atoms with Crippen molar-refractivity contribution in [3.05, 3.63) is 66.4 Å². The van der Waals surface area contributed by atoms with Gasteiger partial charge in [-0.15, -0.1) is 0 Å². The molecule has 1 fully saturated rings. The number of amides is 2. The van der Waals surface area contributed by atoms with Gasteiger partial charge in [0.25, 0.3) is 15.9 Å². The zero-order chi connectivity index (χ0) is 20.4. The average Bonchev–Trinajstić information content (AvgIpc) is 3.02. The Labute approximate surface area is 168 Å². The number of fused-ring (bicyclic) bond motifs is 1. The van der Waals surface area contributed by atoms with Gasteiger partial charge in [0.1, 0.15) is 6.04 Å². The SMILES string of the molecule is O=C(NC1CCCCNC1=O)c1cn(S(=O)(=O)c2ccccc2)c2ccccc12. The van der Waals surface area contributed by atoms with E-state index in [1.165, 1.54) is 18.3 Å². The Hall–Kier alpha value is -3.13. The van der Waals surface area contributed by atoms with E-state index in [4.69, 9.17) is 0 Å². The summed E-state index contributed by atoms with van der Waals surface area (Å²) in [6, 6.07) is 14.3. The fourth-order valence-electron chi connectivity index (χ4n) is 3.55. The Bertz CT molecular complexity index is 1170. The summed E-state index contributed by atoms with van der Waals surface area (Å²) >= 11 is 0. The molecule has 2 amide bonds. The summed E-state index contributed by atoms with van der Waals surface area (Å²) in [5.74, 6) is -0.679. The first-order valence-corrected chi connectivity index (χ1v) is 10.9. The zero-order valence-corrected chi connectivity index (χ0v) is 16.5. The van der Waals surface area contributed by atoms with E-state index in [2.05, 4.69) is 10.6 Å². The van der Waals surface area contributed by atoms with Crippen molar-refractivity contribution in [1.82, 2.24) is 14.6 Å². The van der Waals surface area contributed by atoms with Gasteiger partial charge in [0.2, 0.25) is 5.91 Å². The zero-order valence-electron chi connectivity index (χ0n) is 15.7. The number of nitrogens with one attached hydrogen (secondary N) is 2. The van der Waals surface area contributed by atoms with Crippen molar-refractivity contribution in [3.8, 4) is 0 Å². The van der Waals surface area contributed by atoms with Gasteiger partial charge in [0.05, 0.1) is 16.0 Å². The van der Waals surface area contributed by atoms with Gasteiger partial charge in [-0.2, -0.15) is 0 Å². The number of para-hydroxylation sites is 1. The fraction of sp³-hybridized carbons (Fsp3) is 0.238. The lowest BCUT2D eigenvalue weighted by Crippen LogP contribution is -2.45. The van der Waals surface area contributed by atoms with Crippen LogP contribution >= 0.6 is 0 Å². The maximum atomic E-state index is 13.1. The minimum atomic E-state index is -3.87. The fourth-order valence-corrected chi connectivity index (χ4v) is 4.94. The molecule has 0 aliphatic carbocycles. The van der Waals surface area contributed by atoms with E-state index in [0.29, 0.717) is 23.9 Å². The smallest absolute Gasteiger partial charge is 0.268 e. The normalized spacial score (nSPS) is 17.5. The summed E-state index contributed by atoms with van der Waals surface area (Å²) in [7, 11) is -3.87. The number of aromatic nitrogens is 1. The highest BCUT2D eigenvalue weighted by atomic mass is 32.2. The Kier molecular flexibility index (Phi) is 5.10. The van der Waals surface area contributed by atoms with Crippen LogP contribution in [0.3, 0.4) is 0 Å². The second-order valence-corrected chi connectivity index (χ2v) is 8.80. The van der Waals surface area contributed by atoms with Gasteiger partial charge in [0, 0.05) is 18.1 Å². The molecule has 2 aromatic carbocycles. The van der Waals surface area contributed by atoms with Gasteiger partial charge in [-0.1, -0.05) is 36.4 Å². The predicted octanol–water partition coefficient (Wildman–Crippen LogP) is 2.28. The lowest BCUT2D eigenvalue weighted by atomic mass is 10.1. The molecule has 150 valence electrons. The van der Waals surface area contributed by atoms with Crippen molar-refractivity contribution in [2.75, 3.05) is 6.54 Å². The Balaban J connectivity index is 1.75. The topological polar surface area (TPSA) is 97.3 Å². The summed E-state index contributed by atoms with van der Waals surface area (Å²) in [4.78, 5) is 25.3. The number of rotatable bonds is 4. The Morgan fingerprint density at radius 1 is 1.03 bits per heavy atom. The quantitative estimate of drug-likeness (QED) is 0.688. The minimum Gasteiger partial charge on any atom is -0.354 e. The van der Waals surface area contributed by atoms with Crippen LogP contribution in [-0.2, 0) is 14.8 Å². The lowest BCUT2D eigenvalue weighted by molar-refractivity contribution is -0.122. The third kappa shape index (κ3) is 3.63. The molecule has 1 saturated heterocycles. The molecule has 7 nitrogen and oxygen atoms in total.